The standard InChI is InChI=1S/C14H16N2O3/c17-14(18)12-10-3-1-2-4-11(10)16-13(12)15-9-5-7-19-8-6-9/h1-4,9,15-16H,5-8H2,(H,17,18). The number of hydrogen-bond acceptors (Lipinski definition) is 3. The lowest BCUT2D eigenvalue weighted by atomic mass is 10.1. The minimum Gasteiger partial charge on any atom is -0.478 e. The molecule has 0 saturated carbocycles. The summed E-state index contributed by atoms with van der Waals surface area (Å²) in [5, 5.41) is 13.4. The Bertz CT molecular complexity index is 600. The Labute approximate surface area is 110 Å². The van der Waals surface area contributed by atoms with E-state index >= 15 is 0 Å². The van der Waals surface area contributed by atoms with Crippen LogP contribution in [-0.4, -0.2) is 35.3 Å². The van der Waals surface area contributed by atoms with E-state index in [2.05, 4.69) is 10.3 Å². The molecule has 0 spiro atoms. The second-order valence-electron chi connectivity index (χ2n) is 4.76. The predicted molar refractivity (Wildman–Crippen MR) is 72.7 cm³/mol. The number of aromatic carboxylic acids is 1. The fourth-order valence-corrected chi connectivity index (χ4v) is 2.52. The average Bonchev–Trinajstić information content (AvgIpc) is 2.77. The number of ether oxygens (including phenoxy) is 1. The Balaban J connectivity index is 1.97. The topological polar surface area (TPSA) is 74.3 Å². The number of aromatic nitrogens is 1. The van der Waals surface area contributed by atoms with E-state index in [0.29, 0.717) is 11.4 Å². The maximum Gasteiger partial charge on any atom is 0.340 e. The fourth-order valence-electron chi connectivity index (χ4n) is 2.52. The summed E-state index contributed by atoms with van der Waals surface area (Å²) in [5.74, 6) is -0.312. The van der Waals surface area contributed by atoms with E-state index in [4.69, 9.17) is 4.74 Å². The zero-order valence-corrected chi connectivity index (χ0v) is 10.5. The van der Waals surface area contributed by atoms with Gasteiger partial charge in [0.1, 0.15) is 11.4 Å². The lowest BCUT2D eigenvalue weighted by Crippen LogP contribution is -2.28. The summed E-state index contributed by atoms with van der Waals surface area (Å²) in [6, 6.07) is 7.71. The van der Waals surface area contributed by atoms with E-state index in [1.807, 2.05) is 24.3 Å². The summed E-state index contributed by atoms with van der Waals surface area (Å²) in [4.78, 5) is 14.6. The SMILES string of the molecule is O=C(O)c1c(NC2CCOCC2)[nH]c2ccccc12. The first kappa shape index (κ1) is 12.0. The molecule has 5 heteroatoms. The van der Waals surface area contributed by atoms with Gasteiger partial charge >= 0.3 is 5.97 Å². The van der Waals surface area contributed by atoms with Crippen LogP contribution < -0.4 is 5.32 Å². The highest BCUT2D eigenvalue weighted by Gasteiger charge is 2.21. The summed E-state index contributed by atoms with van der Waals surface area (Å²) in [6.45, 7) is 1.45. The first-order valence-corrected chi connectivity index (χ1v) is 6.44. The van der Waals surface area contributed by atoms with Gasteiger partial charge in [0.15, 0.2) is 0 Å². The zero-order chi connectivity index (χ0) is 13.2. The van der Waals surface area contributed by atoms with Gasteiger partial charge in [-0.15, -0.1) is 0 Å². The number of rotatable bonds is 3. The molecule has 1 aromatic heterocycles. The van der Waals surface area contributed by atoms with Crippen molar-refractivity contribution in [3.63, 3.8) is 0 Å². The van der Waals surface area contributed by atoms with Crippen molar-refractivity contribution in [1.29, 1.82) is 0 Å². The van der Waals surface area contributed by atoms with E-state index in [-0.39, 0.29) is 6.04 Å². The van der Waals surface area contributed by atoms with E-state index in [9.17, 15) is 9.90 Å². The van der Waals surface area contributed by atoms with Crippen LogP contribution in [-0.2, 0) is 4.74 Å². The Morgan fingerprint density at radius 2 is 2.05 bits per heavy atom. The van der Waals surface area contributed by atoms with Crippen molar-refractivity contribution < 1.29 is 14.6 Å². The first-order valence-electron chi connectivity index (χ1n) is 6.44. The molecule has 0 radical (unpaired) electrons. The molecule has 0 atom stereocenters. The van der Waals surface area contributed by atoms with Gasteiger partial charge in [0.05, 0.1) is 0 Å². The Hall–Kier alpha value is -2.01. The maximum atomic E-state index is 11.5. The summed E-state index contributed by atoms with van der Waals surface area (Å²) < 4.78 is 5.31. The molecule has 2 aromatic rings. The number of hydrogen-bond donors (Lipinski definition) is 3. The van der Waals surface area contributed by atoms with Crippen LogP contribution in [0.2, 0.25) is 0 Å². The van der Waals surface area contributed by atoms with Crippen LogP contribution in [0.4, 0.5) is 5.82 Å². The molecule has 1 aliphatic rings. The minimum atomic E-state index is -0.910. The smallest absolute Gasteiger partial charge is 0.340 e. The number of para-hydroxylation sites is 1. The number of fused-ring (bicyclic) bond motifs is 1. The van der Waals surface area contributed by atoms with Crippen molar-refractivity contribution in [2.45, 2.75) is 18.9 Å². The molecule has 5 nitrogen and oxygen atoms in total. The van der Waals surface area contributed by atoms with Gasteiger partial charge in [-0.2, -0.15) is 0 Å². The van der Waals surface area contributed by atoms with E-state index < -0.39 is 5.97 Å². The zero-order valence-electron chi connectivity index (χ0n) is 10.5. The van der Waals surface area contributed by atoms with Crippen molar-refractivity contribution in [3.05, 3.63) is 29.8 Å². The monoisotopic (exact) mass is 260 g/mol. The third kappa shape index (κ3) is 2.29. The molecular weight excluding hydrogens is 244 g/mol. The van der Waals surface area contributed by atoms with Crippen LogP contribution in [0.15, 0.2) is 24.3 Å². The molecule has 3 rings (SSSR count). The molecule has 19 heavy (non-hydrogen) atoms. The number of carboxylic acids is 1. The Morgan fingerprint density at radius 3 is 2.79 bits per heavy atom. The van der Waals surface area contributed by atoms with Crippen LogP contribution >= 0.6 is 0 Å². The Kier molecular flexibility index (Phi) is 3.13. The maximum absolute atomic E-state index is 11.5. The van der Waals surface area contributed by atoms with Crippen LogP contribution in [0, 0.1) is 0 Å². The third-order valence-electron chi connectivity index (χ3n) is 3.49. The molecule has 0 bridgehead atoms. The van der Waals surface area contributed by atoms with Gasteiger partial charge < -0.3 is 20.1 Å². The molecule has 2 heterocycles. The molecule has 1 aliphatic heterocycles. The predicted octanol–water partition coefficient (Wildman–Crippen LogP) is 2.46. The molecule has 1 aromatic carbocycles. The van der Waals surface area contributed by atoms with Gasteiger partial charge in [-0.1, -0.05) is 18.2 Å². The third-order valence-corrected chi connectivity index (χ3v) is 3.49. The largest absolute Gasteiger partial charge is 0.478 e. The second kappa shape index (κ2) is 4.93. The van der Waals surface area contributed by atoms with Crippen LogP contribution in [0.1, 0.15) is 23.2 Å². The first-order chi connectivity index (χ1) is 9.25. The van der Waals surface area contributed by atoms with Gasteiger partial charge in [-0.3, -0.25) is 0 Å². The van der Waals surface area contributed by atoms with Crippen molar-refractivity contribution in [2.24, 2.45) is 0 Å². The summed E-state index contributed by atoms with van der Waals surface area (Å²) >= 11 is 0. The minimum absolute atomic E-state index is 0.264. The molecular formula is C14H16N2O3. The number of H-pyrrole nitrogens is 1. The number of anilines is 1. The lowest BCUT2D eigenvalue weighted by molar-refractivity contribution is 0.0700. The van der Waals surface area contributed by atoms with Crippen LogP contribution in [0.25, 0.3) is 10.9 Å². The molecule has 100 valence electrons. The van der Waals surface area contributed by atoms with Crippen LogP contribution in [0.3, 0.4) is 0 Å². The average molecular weight is 260 g/mol. The van der Waals surface area contributed by atoms with Gasteiger partial charge in [-0.05, 0) is 18.9 Å². The van der Waals surface area contributed by atoms with Gasteiger partial charge in [0.25, 0.3) is 0 Å². The van der Waals surface area contributed by atoms with E-state index in [1.165, 1.54) is 0 Å². The summed E-state index contributed by atoms with van der Waals surface area (Å²) in [6.07, 6.45) is 1.79. The molecule has 0 amide bonds. The quantitative estimate of drug-likeness (QED) is 0.792. The number of benzene rings is 1. The summed E-state index contributed by atoms with van der Waals surface area (Å²) in [5.41, 5.74) is 1.16. The van der Waals surface area contributed by atoms with Crippen molar-refractivity contribution in [3.8, 4) is 0 Å². The normalized spacial score (nSPS) is 16.6. The number of carboxylic acid groups (broad SMARTS) is 1. The molecule has 0 unspecified atom stereocenters. The Morgan fingerprint density at radius 1 is 1.32 bits per heavy atom. The molecule has 3 N–H and O–H groups in total. The highest BCUT2D eigenvalue weighted by atomic mass is 16.5. The lowest BCUT2D eigenvalue weighted by Gasteiger charge is -2.23. The second-order valence-corrected chi connectivity index (χ2v) is 4.76. The number of nitrogens with one attached hydrogen (secondary N) is 2. The van der Waals surface area contributed by atoms with Gasteiger partial charge in [0.2, 0.25) is 0 Å². The van der Waals surface area contributed by atoms with Gasteiger partial charge in [0, 0.05) is 30.2 Å². The van der Waals surface area contributed by atoms with Crippen molar-refractivity contribution >= 4 is 22.7 Å². The molecule has 0 aliphatic carbocycles. The number of aromatic amines is 1. The summed E-state index contributed by atoms with van der Waals surface area (Å²) in [7, 11) is 0. The fraction of sp³-hybridized carbons (Fsp3) is 0.357. The van der Waals surface area contributed by atoms with Gasteiger partial charge in [-0.25, -0.2) is 4.79 Å². The van der Waals surface area contributed by atoms with Crippen LogP contribution in [0.5, 0.6) is 0 Å². The number of carbonyl (C=O) groups is 1. The van der Waals surface area contributed by atoms with Crippen molar-refractivity contribution in [1.82, 2.24) is 4.98 Å². The van der Waals surface area contributed by atoms with E-state index in [1.54, 1.807) is 0 Å². The molecule has 1 fully saturated rings. The van der Waals surface area contributed by atoms with E-state index in [0.717, 1.165) is 37.0 Å². The van der Waals surface area contributed by atoms with Crippen molar-refractivity contribution in [2.75, 3.05) is 18.5 Å². The highest BCUT2D eigenvalue weighted by molar-refractivity contribution is 6.08. The molecule has 1 saturated heterocycles. The highest BCUT2D eigenvalue weighted by Crippen LogP contribution is 2.27.